The maximum Gasteiger partial charge on any atom is 0 e. The average Bonchev–Trinajstić information content (AvgIpc) is 0. The van der Waals surface area contributed by atoms with E-state index in [9.17, 15) is 0 Å². The van der Waals surface area contributed by atoms with Gasteiger partial charge in [-0.25, -0.2) is 0 Å². The van der Waals surface area contributed by atoms with Crippen LogP contribution in [0.4, 0.5) is 0 Å². The van der Waals surface area contributed by atoms with Crippen LogP contribution in [0.5, 0.6) is 0 Å². The fourth-order valence-electron chi connectivity index (χ4n) is 0. The first-order chi connectivity index (χ1) is 0. The summed E-state index contributed by atoms with van der Waals surface area (Å²) in [5, 5.41) is 0. The quantitative estimate of drug-likeness (QED) is 0.318. The maximum absolute atomic E-state index is 0. The van der Waals surface area contributed by atoms with Crippen molar-refractivity contribution in [2.24, 2.45) is 0 Å². The molecule has 52 heavy (non-hydrogen) atoms. The van der Waals surface area contributed by atoms with Crippen LogP contribution in [0.25, 0.3) is 0 Å². The molecule has 0 spiro atoms. The molecule has 0 aromatic rings. The monoisotopic (exact) mass is 9570 g/mol. The van der Waals surface area contributed by atoms with Crippen molar-refractivity contribution in [3.05, 3.63) is 0 Å². The van der Waals surface area contributed by atoms with E-state index >= 15 is 0 Å². The summed E-state index contributed by atoms with van der Waals surface area (Å²) in [7, 11) is 0. The maximum atomic E-state index is 0. The molecule has 0 aliphatic heterocycles. The summed E-state index contributed by atoms with van der Waals surface area (Å²) >= 11 is 0. The predicted molar refractivity (Wildman–Crippen MR) is 0 cm³/mol. The fraction of sp³-hybridized carbons (Fsp3) is 0. The fourth-order valence-corrected chi connectivity index (χ4v) is 0. The topological polar surface area (TPSA) is 0 Å². The van der Waals surface area contributed by atoms with Gasteiger partial charge in [0.15, 0.2) is 0 Å². The van der Waals surface area contributed by atoms with E-state index in [1.165, 1.54) is 0 Å². The number of hydrogen-bond acceptors (Lipinski definition) is 0. The minimum Gasteiger partial charge on any atom is 0 e. The second-order valence-corrected chi connectivity index (χ2v) is 0. The van der Waals surface area contributed by atoms with Crippen molar-refractivity contribution in [2.45, 2.75) is 0 Å². The molecule has 0 saturated heterocycles. The van der Waals surface area contributed by atoms with Gasteiger partial charge in [-0.2, -0.15) is 0 Å². The molecule has 0 aromatic carbocycles. The molecule has 0 bridgehead atoms. The van der Waals surface area contributed by atoms with Crippen LogP contribution >= 0.6 is 0 Å². The summed E-state index contributed by atoms with van der Waals surface area (Å²) in [5.41, 5.74) is 0. The molecule has 0 unspecified atom stereocenters. The molecule has 0 atom stereocenters. The van der Waals surface area contributed by atoms with Crippen LogP contribution in [0.1, 0.15) is 0 Å². The van der Waals surface area contributed by atoms with E-state index < -0.39 is 0 Å². The Morgan fingerprint density at radius 2 is 0.0192 bits per heavy atom. The summed E-state index contributed by atoms with van der Waals surface area (Å²) in [6, 6.07) is 0. The summed E-state index contributed by atoms with van der Waals surface area (Å²) in [6.07, 6.45) is 0. The summed E-state index contributed by atoms with van der Waals surface area (Å²) in [4.78, 5) is 0. The van der Waals surface area contributed by atoms with E-state index in [0.717, 1.165) is 0 Å². The normalized spacial score (nSPS) is 0. The van der Waals surface area contributed by atoms with Crippen molar-refractivity contribution >= 4 is 0 Å². The van der Waals surface area contributed by atoms with Gasteiger partial charge in [0.2, 0.25) is 0 Å². The molecular weight excluding hydrogens is 9560 g/mol. The summed E-state index contributed by atoms with van der Waals surface area (Å²) in [5.74, 6) is 0. The van der Waals surface area contributed by atoms with Crippen LogP contribution in [0.15, 0.2) is 0 Å². The van der Waals surface area contributed by atoms with E-state index in [1.54, 1.807) is 0 Å². The first kappa shape index (κ1) is 516. The minimum atomic E-state index is 0. The molecule has 0 fully saturated rings. The van der Waals surface area contributed by atoms with Crippen molar-refractivity contribution in [3.8, 4) is 0 Å². The Labute approximate surface area is 1060 Å². The average molecular weight is 9560 g/mol. The van der Waals surface area contributed by atoms with Crippen molar-refractivity contribution in [2.75, 3.05) is 0 Å². The van der Waals surface area contributed by atoms with Crippen molar-refractivity contribution in [1.29, 1.82) is 0 Å². The van der Waals surface area contributed by atoms with Crippen LogP contribution in [-0.2, 0) is 1100 Å². The van der Waals surface area contributed by atoms with Crippen LogP contribution in [-0.4, -0.2) is 0 Å². The Balaban J connectivity index is 0. The summed E-state index contributed by atoms with van der Waals surface area (Å²) in [6.45, 7) is 0. The molecular formula is W52. The Kier molecular flexibility index (Phi) is 4950. The van der Waals surface area contributed by atoms with E-state index in [2.05, 4.69) is 0 Å². The van der Waals surface area contributed by atoms with Crippen LogP contribution < -0.4 is 0 Å². The molecule has 0 aliphatic carbocycles. The van der Waals surface area contributed by atoms with Gasteiger partial charge >= 0.3 is 0 Å². The molecule has 0 radical (unpaired) electrons. The molecule has 0 nitrogen and oxygen atoms in total. The Bertz CT molecular complexity index is 0. The standard InChI is InChI=1S/52W. The minimum absolute atomic E-state index is 0. The van der Waals surface area contributed by atoms with Gasteiger partial charge in [0.25, 0.3) is 0 Å². The molecule has 312 valence electrons. The van der Waals surface area contributed by atoms with E-state index in [4.69, 9.17) is 0 Å². The first-order valence-electron chi connectivity index (χ1n) is 0. The van der Waals surface area contributed by atoms with Gasteiger partial charge in [0.05, 0.1) is 0 Å². The van der Waals surface area contributed by atoms with Crippen LogP contribution in [0.2, 0.25) is 0 Å². The van der Waals surface area contributed by atoms with Crippen LogP contribution in [0, 0.1) is 0 Å². The van der Waals surface area contributed by atoms with E-state index in [1.807, 2.05) is 0 Å². The van der Waals surface area contributed by atoms with Crippen molar-refractivity contribution < 1.29 is 1100 Å². The molecule has 0 rings (SSSR count). The van der Waals surface area contributed by atoms with E-state index in [-0.39, 0.29) is 1100 Å². The van der Waals surface area contributed by atoms with Gasteiger partial charge in [-0.15, -0.1) is 0 Å². The molecule has 0 heterocycles. The SMILES string of the molecule is [W].[W].[W].[W].[W].[W].[W].[W].[W].[W].[W].[W].[W].[W].[W].[W].[W].[W].[W].[W].[W].[W].[W].[W].[W].[W].[W].[W].[W].[W].[W].[W].[W].[W].[W].[W].[W].[W].[W].[W].[W].[W].[W].[W].[W].[W].[W].[W].[W].[W].[W].[W]. The second-order valence-electron chi connectivity index (χ2n) is 0. The van der Waals surface area contributed by atoms with Crippen molar-refractivity contribution in [1.82, 2.24) is 0 Å². The third-order valence-corrected chi connectivity index (χ3v) is 0. The van der Waals surface area contributed by atoms with Gasteiger partial charge in [-0.1, -0.05) is 0 Å². The number of hydrogen-bond donors (Lipinski definition) is 0. The van der Waals surface area contributed by atoms with Gasteiger partial charge in [-0.05, 0) is 0 Å². The zero-order valence-electron chi connectivity index (χ0n) is 21.2. The molecule has 0 aromatic heterocycles. The molecule has 0 aliphatic rings. The largest absolute Gasteiger partial charge is 0 e. The first-order valence-corrected chi connectivity index (χ1v) is 0. The van der Waals surface area contributed by atoms with Crippen molar-refractivity contribution in [3.63, 3.8) is 0 Å². The van der Waals surface area contributed by atoms with Gasteiger partial charge in [-0.3, -0.25) is 0 Å². The third-order valence-electron chi connectivity index (χ3n) is 0. The van der Waals surface area contributed by atoms with E-state index in [0.29, 0.717) is 0 Å². The summed E-state index contributed by atoms with van der Waals surface area (Å²) < 4.78 is 0. The Morgan fingerprint density at radius 1 is 0.0192 bits per heavy atom. The second kappa shape index (κ2) is 499. The smallest absolute Gasteiger partial charge is 0 e. The molecule has 0 amide bonds. The van der Waals surface area contributed by atoms with Crippen LogP contribution in [0.3, 0.4) is 0 Å². The predicted octanol–water partition coefficient (Wildman–Crippen LogP) is -0.130. The molecule has 0 N–H and O–H groups in total. The number of rotatable bonds is 0. The van der Waals surface area contributed by atoms with Gasteiger partial charge in [0.1, 0.15) is 0 Å². The van der Waals surface area contributed by atoms with Gasteiger partial charge < -0.3 is 0 Å². The van der Waals surface area contributed by atoms with Gasteiger partial charge in [0, 0.05) is 1100 Å². The zero-order chi connectivity index (χ0) is 0. The molecule has 52 heteroatoms. The zero-order valence-corrected chi connectivity index (χ0v) is 174. The third kappa shape index (κ3) is 481. The molecule has 0 saturated carbocycles. The Morgan fingerprint density at radius 3 is 0.0192 bits per heavy atom. The Hall–Kier alpha value is 35.8.